The van der Waals surface area contributed by atoms with Crippen molar-refractivity contribution in [2.24, 2.45) is 0 Å². The number of carbonyl (C=O) groups is 2. The van der Waals surface area contributed by atoms with Crippen molar-refractivity contribution in [3.8, 4) is 5.75 Å². The highest BCUT2D eigenvalue weighted by molar-refractivity contribution is 7.99. The molecule has 1 amide bonds. The Bertz CT molecular complexity index is 732. The number of Topliss-reactive ketones (excluding diaryl/α,β-unsaturated/α-hetero) is 1. The minimum Gasteiger partial charge on any atom is -0.496 e. The molecule has 0 saturated carbocycles. The smallest absolute Gasteiger partial charge is 0.234 e. The van der Waals surface area contributed by atoms with Crippen LogP contribution in [0, 0.1) is 5.82 Å². The van der Waals surface area contributed by atoms with Crippen LogP contribution in [0.3, 0.4) is 0 Å². The van der Waals surface area contributed by atoms with Gasteiger partial charge < -0.3 is 10.1 Å². The van der Waals surface area contributed by atoms with Crippen molar-refractivity contribution in [3.63, 3.8) is 0 Å². The maximum atomic E-state index is 12.8. The summed E-state index contributed by atoms with van der Waals surface area (Å²) in [6.45, 7) is 1.51. The lowest BCUT2D eigenvalue weighted by molar-refractivity contribution is -0.113. The van der Waals surface area contributed by atoms with Crippen molar-refractivity contribution < 1.29 is 18.7 Å². The number of ether oxygens (including phenoxy) is 1. The Kier molecular flexibility index (Phi) is 6.37. The van der Waals surface area contributed by atoms with E-state index in [9.17, 15) is 14.0 Å². The van der Waals surface area contributed by atoms with E-state index in [-0.39, 0.29) is 23.3 Å². The Morgan fingerprint density at radius 1 is 1.17 bits per heavy atom. The van der Waals surface area contributed by atoms with E-state index in [1.54, 1.807) is 25.3 Å². The number of hydrogen-bond acceptors (Lipinski definition) is 4. The molecule has 0 fully saturated rings. The van der Waals surface area contributed by atoms with Crippen LogP contribution in [0.5, 0.6) is 5.75 Å². The highest BCUT2D eigenvalue weighted by atomic mass is 32.2. The quantitative estimate of drug-likeness (QED) is 0.772. The van der Waals surface area contributed by atoms with Crippen LogP contribution in [-0.2, 0) is 10.5 Å². The van der Waals surface area contributed by atoms with Crippen molar-refractivity contribution in [2.45, 2.75) is 12.7 Å². The monoisotopic (exact) mass is 347 g/mol. The van der Waals surface area contributed by atoms with Gasteiger partial charge in [0.25, 0.3) is 0 Å². The Labute approximate surface area is 144 Å². The lowest BCUT2D eigenvalue weighted by atomic mass is 10.1. The van der Waals surface area contributed by atoms with E-state index >= 15 is 0 Å². The maximum absolute atomic E-state index is 12.8. The molecule has 0 radical (unpaired) electrons. The highest BCUT2D eigenvalue weighted by Crippen LogP contribution is 2.25. The van der Waals surface area contributed by atoms with Crippen LogP contribution in [0.25, 0.3) is 0 Å². The fourth-order valence-electron chi connectivity index (χ4n) is 2.09. The summed E-state index contributed by atoms with van der Waals surface area (Å²) in [5.41, 5.74) is 2.03. The topological polar surface area (TPSA) is 55.4 Å². The average molecular weight is 347 g/mol. The van der Waals surface area contributed by atoms with E-state index in [0.29, 0.717) is 22.8 Å². The van der Waals surface area contributed by atoms with Crippen molar-refractivity contribution in [1.82, 2.24) is 0 Å². The molecule has 0 atom stereocenters. The second-order valence-corrected chi connectivity index (χ2v) is 6.12. The molecule has 0 aliphatic carbocycles. The van der Waals surface area contributed by atoms with Gasteiger partial charge in [-0.2, -0.15) is 0 Å². The van der Waals surface area contributed by atoms with Gasteiger partial charge in [0.2, 0.25) is 5.91 Å². The maximum Gasteiger partial charge on any atom is 0.234 e. The third-order valence-electron chi connectivity index (χ3n) is 3.31. The number of carbonyl (C=O) groups excluding carboxylic acids is 2. The molecule has 0 bridgehead atoms. The average Bonchev–Trinajstić information content (AvgIpc) is 2.56. The molecule has 0 aromatic heterocycles. The predicted molar refractivity (Wildman–Crippen MR) is 94.2 cm³/mol. The van der Waals surface area contributed by atoms with Gasteiger partial charge in [0, 0.05) is 22.6 Å². The zero-order valence-electron chi connectivity index (χ0n) is 13.5. The number of thioether (sulfide) groups is 1. The van der Waals surface area contributed by atoms with Gasteiger partial charge in [-0.25, -0.2) is 4.39 Å². The number of benzene rings is 2. The van der Waals surface area contributed by atoms with Crippen LogP contribution >= 0.6 is 11.8 Å². The first kappa shape index (κ1) is 18.0. The number of methoxy groups -OCH3 is 1. The SMILES string of the molecule is COc1ccc(C(C)=O)cc1CSCC(=O)Nc1ccc(F)cc1. The first-order valence-electron chi connectivity index (χ1n) is 7.30. The summed E-state index contributed by atoms with van der Waals surface area (Å²) >= 11 is 1.41. The largest absolute Gasteiger partial charge is 0.496 e. The van der Waals surface area contributed by atoms with E-state index in [1.165, 1.54) is 43.0 Å². The number of amides is 1. The Morgan fingerprint density at radius 2 is 1.88 bits per heavy atom. The molecule has 2 aromatic rings. The first-order valence-corrected chi connectivity index (χ1v) is 8.46. The Hall–Kier alpha value is -2.34. The van der Waals surface area contributed by atoms with E-state index in [4.69, 9.17) is 4.74 Å². The van der Waals surface area contributed by atoms with Crippen LogP contribution in [0.4, 0.5) is 10.1 Å². The fraction of sp³-hybridized carbons (Fsp3) is 0.222. The van der Waals surface area contributed by atoms with Crippen molar-refractivity contribution in [1.29, 1.82) is 0 Å². The molecule has 24 heavy (non-hydrogen) atoms. The lowest BCUT2D eigenvalue weighted by Gasteiger charge is -2.10. The van der Waals surface area contributed by atoms with Gasteiger partial charge in [-0.1, -0.05) is 0 Å². The summed E-state index contributed by atoms with van der Waals surface area (Å²) in [6.07, 6.45) is 0. The van der Waals surface area contributed by atoms with Crippen molar-refractivity contribution >= 4 is 29.1 Å². The highest BCUT2D eigenvalue weighted by Gasteiger charge is 2.09. The molecule has 1 N–H and O–H groups in total. The van der Waals surface area contributed by atoms with Gasteiger partial charge in [0.15, 0.2) is 5.78 Å². The van der Waals surface area contributed by atoms with Gasteiger partial charge in [-0.3, -0.25) is 9.59 Å². The van der Waals surface area contributed by atoms with Crippen LogP contribution in [-0.4, -0.2) is 24.6 Å². The Balaban J connectivity index is 1.91. The second-order valence-electron chi connectivity index (χ2n) is 5.13. The minimum absolute atomic E-state index is 0.0158. The predicted octanol–water partition coefficient (Wildman–Crippen LogP) is 3.91. The van der Waals surface area contributed by atoms with E-state index in [2.05, 4.69) is 5.32 Å². The van der Waals surface area contributed by atoms with Gasteiger partial charge in [-0.15, -0.1) is 11.8 Å². The number of ketones is 1. The molecule has 2 rings (SSSR count). The third kappa shape index (κ3) is 5.09. The lowest BCUT2D eigenvalue weighted by Crippen LogP contribution is -2.14. The number of rotatable bonds is 7. The first-order chi connectivity index (χ1) is 11.5. The number of anilines is 1. The van der Waals surface area contributed by atoms with Crippen LogP contribution in [0.1, 0.15) is 22.8 Å². The van der Waals surface area contributed by atoms with Gasteiger partial charge in [0.1, 0.15) is 11.6 Å². The molecule has 0 saturated heterocycles. The Morgan fingerprint density at radius 3 is 2.50 bits per heavy atom. The van der Waals surface area contributed by atoms with Gasteiger partial charge in [-0.05, 0) is 49.4 Å². The summed E-state index contributed by atoms with van der Waals surface area (Å²) in [5, 5.41) is 2.70. The van der Waals surface area contributed by atoms with E-state index < -0.39 is 0 Å². The van der Waals surface area contributed by atoms with Gasteiger partial charge in [0.05, 0.1) is 12.9 Å². The van der Waals surface area contributed by atoms with Crippen molar-refractivity contribution in [3.05, 3.63) is 59.4 Å². The molecule has 0 spiro atoms. The summed E-state index contributed by atoms with van der Waals surface area (Å²) in [7, 11) is 1.57. The molecule has 126 valence electrons. The van der Waals surface area contributed by atoms with E-state index in [1.807, 2.05) is 0 Å². The summed E-state index contributed by atoms with van der Waals surface area (Å²) in [6, 6.07) is 10.9. The molecular weight excluding hydrogens is 329 g/mol. The normalized spacial score (nSPS) is 10.3. The number of nitrogens with one attached hydrogen (secondary N) is 1. The van der Waals surface area contributed by atoms with Crippen molar-refractivity contribution in [2.75, 3.05) is 18.2 Å². The molecule has 0 aliphatic heterocycles. The third-order valence-corrected chi connectivity index (χ3v) is 4.29. The summed E-state index contributed by atoms with van der Waals surface area (Å²) < 4.78 is 18.1. The number of hydrogen-bond donors (Lipinski definition) is 1. The molecule has 0 aliphatic rings. The van der Waals surface area contributed by atoms with Crippen LogP contribution < -0.4 is 10.1 Å². The molecular formula is C18H18FNO3S. The zero-order chi connectivity index (χ0) is 17.5. The second kappa shape index (κ2) is 8.49. The number of halogens is 1. The summed E-state index contributed by atoms with van der Waals surface area (Å²) in [4.78, 5) is 23.4. The molecule has 4 nitrogen and oxygen atoms in total. The van der Waals surface area contributed by atoms with Gasteiger partial charge >= 0.3 is 0 Å². The molecule has 0 heterocycles. The molecule has 0 unspecified atom stereocenters. The van der Waals surface area contributed by atoms with E-state index in [0.717, 1.165) is 5.56 Å². The van der Waals surface area contributed by atoms with Crippen LogP contribution in [0.2, 0.25) is 0 Å². The standard InChI is InChI=1S/C18H18FNO3S/c1-12(21)13-3-8-17(23-2)14(9-13)10-24-11-18(22)20-16-6-4-15(19)5-7-16/h3-9H,10-11H2,1-2H3,(H,20,22). The molecule has 6 heteroatoms. The molecule has 2 aromatic carbocycles. The minimum atomic E-state index is -0.347. The zero-order valence-corrected chi connectivity index (χ0v) is 14.3. The van der Waals surface area contributed by atoms with Crippen LogP contribution in [0.15, 0.2) is 42.5 Å². The summed E-state index contributed by atoms with van der Waals surface area (Å²) in [5.74, 6) is 0.934. The fourth-order valence-corrected chi connectivity index (χ4v) is 2.90.